The first-order valence-electron chi connectivity index (χ1n) is 7.46. The standard InChI is InChI=1S/C19H18BrNO4/c1-21-16-7-5-13(20)11-15(19(16)23)17(22)8-4-12-10-14(24-2)6-9-18(12)25-3/h4-11H,1-3H3,(H,21,23). The van der Waals surface area contributed by atoms with Crippen LogP contribution in [0.4, 0.5) is 5.69 Å². The van der Waals surface area contributed by atoms with Crippen LogP contribution in [0.3, 0.4) is 0 Å². The van der Waals surface area contributed by atoms with Crippen molar-refractivity contribution in [2.45, 2.75) is 0 Å². The fraction of sp³-hybridized carbons (Fsp3) is 0.158. The number of anilines is 1. The predicted octanol–water partition coefficient (Wildman–Crippen LogP) is 3.76. The van der Waals surface area contributed by atoms with Crippen LogP contribution in [0.5, 0.6) is 11.5 Å². The van der Waals surface area contributed by atoms with Crippen LogP contribution in [-0.2, 0) is 0 Å². The van der Waals surface area contributed by atoms with Gasteiger partial charge in [-0.1, -0.05) is 15.9 Å². The van der Waals surface area contributed by atoms with Crippen molar-refractivity contribution in [1.29, 1.82) is 0 Å². The second-order valence-electron chi connectivity index (χ2n) is 5.07. The summed E-state index contributed by atoms with van der Waals surface area (Å²) in [5.74, 6) is 0.843. The molecule has 2 aromatic rings. The van der Waals surface area contributed by atoms with E-state index in [0.717, 1.165) is 0 Å². The molecule has 0 amide bonds. The van der Waals surface area contributed by atoms with E-state index in [0.29, 0.717) is 27.2 Å². The fourth-order valence-corrected chi connectivity index (χ4v) is 2.60. The number of ketones is 1. The van der Waals surface area contributed by atoms with E-state index in [1.54, 1.807) is 57.7 Å². The van der Waals surface area contributed by atoms with Gasteiger partial charge >= 0.3 is 0 Å². The molecule has 2 rings (SSSR count). The van der Waals surface area contributed by atoms with Gasteiger partial charge in [-0.2, -0.15) is 0 Å². The molecular formula is C19H18BrNO4. The molecule has 2 aromatic carbocycles. The van der Waals surface area contributed by atoms with Crippen LogP contribution >= 0.6 is 15.9 Å². The number of carbonyl (C=O) groups excluding carboxylic acids is 1. The Balaban J connectivity index is 2.44. The minimum atomic E-state index is -0.400. The molecule has 0 aromatic heterocycles. The third-order valence-electron chi connectivity index (χ3n) is 3.57. The topological polar surface area (TPSA) is 64.6 Å². The van der Waals surface area contributed by atoms with Gasteiger partial charge in [-0.05, 0) is 48.6 Å². The molecule has 0 saturated heterocycles. The molecule has 0 radical (unpaired) electrons. The molecule has 130 valence electrons. The molecule has 0 aliphatic rings. The first kappa shape index (κ1) is 18.7. The lowest BCUT2D eigenvalue weighted by atomic mass is 10.1. The molecule has 0 aliphatic heterocycles. The number of rotatable bonds is 6. The highest BCUT2D eigenvalue weighted by Gasteiger charge is 2.11. The van der Waals surface area contributed by atoms with Gasteiger partial charge in [0.25, 0.3) is 0 Å². The molecule has 0 spiro atoms. The van der Waals surface area contributed by atoms with Crippen molar-refractivity contribution in [3.8, 4) is 11.5 Å². The van der Waals surface area contributed by atoms with Crippen LogP contribution in [0.25, 0.3) is 6.08 Å². The van der Waals surface area contributed by atoms with Crippen molar-refractivity contribution >= 4 is 33.5 Å². The van der Waals surface area contributed by atoms with Crippen molar-refractivity contribution < 1.29 is 14.3 Å². The average Bonchev–Trinajstić information content (AvgIpc) is 2.77. The smallest absolute Gasteiger partial charge is 0.212 e. The first-order valence-corrected chi connectivity index (χ1v) is 8.25. The van der Waals surface area contributed by atoms with Crippen molar-refractivity contribution in [2.24, 2.45) is 0 Å². The molecule has 6 heteroatoms. The van der Waals surface area contributed by atoms with E-state index < -0.39 is 5.78 Å². The third kappa shape index (κ3) is 4.48. The summed E-state index contributed by atoms with van der Waals surface area (Å²) in [4.78, 5) is 25.0. The van der Waals surface area contributed by atoms with E-state index in [-0.39, 0.29) is 11.0 Å². The highest BCUT2D eigenvalue weighted by atomic mass is 79.9. The van der Waals surface area contributed by atoms with Gasteiger partial charge in [0.2, 0.25) is 5.43 Å². The number of carbonyl (C=O) groups is 1. The number of allylic oxidation sites excluding steroid dienone is 1. The number of benzene rings is 1. The lowest BCUT2D eigenvalue weighted by molar-refractivity contribution is 0.104. The van der Waals surface area contributed by atoms with Gasteiger partial charge in [-0.25, -0.2) is 0 Å². The van der Waals surface area contributed by atoms with Crippen LogP contribution in [0.2, 0.25) is 0 Å². The zero-order chi connectivity index (χ0) is 18.4. The van der Waals surface area contributed by atoms with E-state index in [4.69, 9.17) is 9.47 Å². The van der Waals surface area contributed by atoms with Gasteiger partial charge in [-0.3, -0.25) is 9.59 Å². The Bertz CT molecular complexity index is 878. The molecule has 0 aliphatic carbocycles. The highest BCUT2D eigenvalue weighted by Crippen LogP contribution is 2.25. The molecule has 25 heavy (non-hydrogen) atoms. The number of methoxy groups -OCH3 is 2. The van der Waals surface area contributed by atoms with Gasteiger partial charge in [-0.15, -0.1) is 0 Å². The van der Waals surface area contributed by atoms with Crippen molar-refractivity contribution in [1.82, 2.24) is 0 Å². The Morgan fingerprint density at radius 1 is 1.12 bits per heavy atom. The maximum absolute atomic E-state index is 12.5. The number of hydrogen-bond acceptors (Lipinski definition) is 5. The summed E-state index contributed by atoms with van der Waals surface area (Å²) in [5.41, 5.74) is 0.733. The second-order valence-corrected chi connectivity index (χ2v) is 5.99. The summed E-state index contributed by atoms with van der Waals surface area (Å²) in [6.45, 7) is 0. The maximum Gasteiger partial charge on any atom is 0.212 e. The molecule has 5 nitrogen and oxygen atoms in total. The van der Waals surface area contributed by atoms with Crippen LogP contribution in [0.1, 0.15) is 15.9 Å². The Morgan fingerprint density at radius 3 is 2.52 bits per heavy atom. The van der Waals surface area contributed by atoms with Crippen LogP contribution in [-0.4, -0.2) is 27.1 Å². The Morgan fingerprint density at radius 2 is 1.88 bits per heavy atom. The SMILES string of the molecule is CNc1ccc(Br)cc(C(=O)C=Cc2cc(OC)ccc2OC)c1=O. The summed E-state index contributed by atoms with van der Waals surface area (Å²) >= 11 is 3.32. The first-order chi connectivity index (χ1) is 12.0. The maximum atomic E-state index is 12.5. The van der Waals surface area contributed by atoms with E-state index >= 15 is 0 Å². The number of halogens is 1. The average molecular weight is 404 g/mol. The minimum absolute atomic E-state index is 0.0688. The van der Waals surface area contributed by atoms with Gasteiger partial charge in [0.05, 0.1) is 25.5 Å². The quantitative estimate of drug-likeness (QED) is 0.587. The number of hydrogen-bond donors (Lipinski definition) is 1. The van der Waals surface area contributed by atoms with Crippen LogP contribution in [0, 0.1) is 0 Å². The second kappa shape index (κ2) is 8.48. The molecule has 0 atom stereocenters. The molecule has 0 heterocycles. The van der Waals surface area contributed by atoms with E-state index in [1.807, 2.05) is 0 Å². The largest absolute Gasteiger partial charge is 0.497 e. The lowest BCUT2D eigenvalue weighted by Gasteiger charge is -2.07. The van der Waals surface area contributed by atoms with Gasteiger partial charge in [0, 0.05) is 17.1 Å². The lowest BCUT2D eigenvalue weighted by Crippen LogP contribution is -2.14. The molecule has 0 saturated carbocycles. The zero-order valence-corrected chi connectivity index (χ0v) is 15.7. The summed E-state index contributed by atoms with van der Waals surface area (Å²) in [6.07, 6.45) is 2.95. The normalized spacial score (nSPS) is 10.6. The Labute approximate surface area is 154 Å². The summed E-state index contributed by atoms with van der Waals surface area (Å²) in [7, 11) is 4.74. The van der Waals surface area contributed by atoms with Gasteiger partial charge in [0.15, 0.2) is 5.78 Å². The zero-order valence-electron chi connectivity index (χ0n) is 14.1. The highest BCUT2D eigenvalue weighted by molar-refractivity contribution is 9.10. The molecular weight excluding hydrogens is 386 g/mol. The molecule has 0 unspecified atom stereocenters. The Kier molecular flexibility index (Phi) is 6.36. The van der Waals surface area contributed by atoms with E-state index in [2.05, 4.69) is 21.2 Å². The Hall–Kier alpha value is -2.60. The van der Waals surface area contributed by atoms with Crippen molar-refractivity contribution in [2.75, 3.05) is 26.6 Å². The molecule has 0 bridgehead atoms. The third-order valence-corrected chi connectivity index (χ3v) is 4.06. The predicted molar refractivity (Wildman–Crippen MR) is 103 cm³/mol. The van der Waals surface area contributed by atoms with Gasteiger partial charge < -0.3 is 14.8 Å². The minimum Gasteiger partial charge on any atom is -0.497 e. The van der Waals surface area contributed by atoms with E-state index in [1.165, 1.54) is 12.1 Å². The van der Waals surface area contributed by atoms with Gasteiger partial charge in [0.1, 0.15) is 11.5 Å². The summed E-state index contributed by atoms with van der Waals surface area (Å²) in [5, 5.41) is 2.80. The molecule has 0 fully saturated rings. The van der Waals surface area contributed by atoms with E-state index in [9.17, 15) is 9.59 Å². The van der Waals surface area contributed by atoms with Crippen LogP contribution in [0.15, 0.2) is 51.7 Å². The van der Waals surface area contributed by atoms with Crippen molar-refractivity contribution in [3.63, 3.8) is 0 Å². The number of nitrogens with one attached hydrogen (secondary N) is 1. The van der Waals surface area contributed by atoms with Crippen LogP contribution < -0.4 is 20.2 Å². The summed E-state index contributed by atoms with van der Waals surface area (Å²) < 4.78 is 11.1. The fourth-order valence-electron chi connectivity index (χ4n) is 2.24. The molecule has 1 N–H and O–H groups in total. The van der Waals surface area contributed by atoms with Crippen molar-refractivity contribution in [3.05, 3.63) is 68.3 Å². The number of ether oxygens (including phenoxy) is 2. The monoisotopic (exact) mass is 403 g/mol. The summed E-state index contributed by atoms with van der Waals surface area (Å²) in [6, 6.07) is 10.1.